The monoisotopic (exact) mass is 376 g/mol. The number of benzene rings is 1. The van der Waals surface area contributed by atoms with Crippen LogP contribution in [0.15, 0.2) is 29.2 Å². The second-order valence-electron chi connectivity index (χ2n) is 8.31. The highest BCUT2D eigenvalue weighted by atomic mass is 32.2. The fourth-order valence-electron chi connectivity index (χ4n) is 4.96. The van der Waals surface area contributed by atoms with Crippen molar-refractivity contribution in [3.63, 3.8) is 0 Å². The quantitative estimate of drug-likeness (QED) is 0.879. The molecule has 0 radical (unpaired) electrons. The van der Waals surface area contributed by atoms with Crippen LogP contribution in [0.2, 0.25) is 0 Å². The number of carbonyl (C=O) groups is 1. The summed E-state index contributed by atoms with van der Waals surface area (Å²) in [6.45, 7) is 2.73. The Hall–Kier alpha value is -1.40. The zero-order valence-corrected chi connectivity index (χ0v) is 16.2. The molecule has 26 heavy (non-hydrogen) atoms. The number of hydrogen-bond donors (Lipinski definition) is 1. The molecule has 1 aromatic carbocycles. The maximum Gasteiger partial charge on any atom is 0.243 e. The van der Waals surface area contributed by atoms with Gasteiger partial charge in [-0.15, -0.1) is 0 Å². The molecule has 2 aliphatic carbocycles. The molecule has 4 atom stereocenters. The van der Waals surface area contributed by atoms with Crippen molar-refractivity contribution in [1.82, 2.24) is 9.62 Å². The van der Waals surface area contributed by atoms with E-state index in [0.717, 1.165) is 30.7 Å². The van der Waals surface area contributed by atoms with Crippen molar-refractivity contribution in [2.75, 3.05) is 13.1 Å². The summed E-state index contributed by atoms with van der Waals surface area (Å²) in [5.74, 6) is 1.24. The summed E-state index contributed by atoms with van der Waals surface area (Å²) in [6, 6.07) is 7.25. The summed E-state index contributed by atoms with van der Waals surface area (Å²) in [5.41, 5.74) is 1.03. The highest BCUT2D eigenvalue weighted by molar-refractivity contribution is 7.89. The molecule has 1 amide bonds. The van der Waals surface area contributed by atoms with Crippen LogP contribution in [0.5, 0.6) is 0 Å². The topological polar surface area (TPSA) is 66.5 Å². The molecule has 3 fully saturated rings. The van der Waals surface area contributed by atoms with Crippen molar-refractivity contribution in [1.29, 1.82) is 0 Å². The second kappa shape index (κ2) is 6.97. The SMILES string of the molecule is Cc1ccc(S(=O)(=O)N2CCC[C@H](C(=O)N[C@@H]3C[C@@H]4CC[C@H]3C4)C2)cc1. The third kappa shape index (κ3) is 3.41. The molecular formula is C20H28N2O3S. The van der Waals surface area contributed by atoms with E-state index in [-0.39, 0.29) is 11.8 Å². The zero-order valence-electron chi connectivity index (χ0n) is 15.4. The lowest BCUT2D eigenvalue weighted by molar-refractivity contribution is -0.127. The Morgan fingerprint density at radius 1 is 1.12 bits per heavy atom. The lowest BCUT2D eigenvalue weighted by Gasteiger charge is -2.33. The average molecular weight is 377 g/mol. The second-order valence-corrected chi connectivity index (χ2v) is 10.2. The smallest absolute Gasteiger partial charge is 0.243 e. The minimum Gasteiger partial charge on any atom is -0.353 e. The van der Waals surface area contributed by atoms with Gasteiger partial charge in [-0.2, -0.15) is 4.31 Å². The first-order chi connectivity index (χ1) is 12.4. The molecule has 1 heterocycles. The molecule has 3 aliphatic rings. The molecule has 1 saturated heterocycles. The predicted molar refractivity (Wildman–Crippen MR) is 100 cm³/mol. The molecule has 0 unspecified atom stereocenters. The van der Waals surface area contributed by atoms with Crippen LogP contribution in [0.4, 0.5) is 0 Å². The van der Waals surface area contributed by atoms with Crippen LogP contribution in [0.1, 0.15) is 44.1 Å². The molecule has 4 rings (SSSR count). The Morgan fingerprint density at radius 2 is 1.88 bits per heavy atom. The van der Waals surface area contributed by atoms with Gasteiger partial charge < -0.3 is 5.32 Å². The summed E-state index contributed by atoms with van der Waals surface area (Å²) in [6.07, 6.45) is 6.40. The summed E-state index contributed by atoms with van der Waals surface area (Å²) < 4.78 is 27.3. The molecule has 2 bridgehead atoms. The number of hydrogen-bond acceptors (Lipinski definition) is 3. The lowest BCUT2D eigenvalue weighted by atomic mass is 9.93. The highest BCUT2D eigenvalue weighted by Gasteiger charge is 2.41. The van der Waals surface area contributed by atoms with E-state index in [4.69, 9.17) is 0 Å². The molecule has 1 aromatic rings. The van der Waals surface area contributed by atoms with Crippen molar-refractivity contribution >= 4 is 15.9 Å². The normalized spacial score (nSPS) is 31.9. The van der Waals surface area contributed by atoms with Gasteiger partial charge in [0, 0.05) is 19.1 Å². The van der Waals surface area contributed by atoms with Gasteiger partial charge in [-0.1, -0.05) is 24.1 Å². The molecule has 1 N–H and O–H groups in total. The molecular weight excluding hydrogens is 348 g/mol. The summed E-state index contributed by atoms with van der Waals surface area (Å²) in [4.78, 5) is 13.1. The predicted octanol–water partition coefficient (Wildman–Crippen LogP) is 2.70. The zero-order chi connectivity index (χ0) is 18.3. The average Bonchev–Trinajstić information content (AvgIpc) is 3.25. The van der Waals surface area contributed by atoms with Gasteiger partial charge in [-0.3, -0.25) is 4.79 Å². The largest absolute Gasteiger partial charge is 0.353 e. The van der Waals surface area contributed by atoms with Crippen LogP contribution >= 0.6 is 0 Å². The minimum absolute atomic E-state index is 0.0476. The van der Waals surface area contributed by atoms with E-state index in [1.54, 1.807) is 12.1 Å². The molecule has 142 valence electrons. The van der Waals surface area contributed by atoms with E-state index < -0.39 is 10.0 Å². The van der Waals surface area contributed by atoms with Crippen molar-refractivity contribution in [3.05, 3.63) is 29.8 Å². The number of aryl methyl sites for hydroxylation is 1. The molecule has 0 aromatic heterocycles. The first-order valence-electron chi connectivity index (χ1n) is 9.80. The van der Waals surface area contributed by atoms with Gasteiger partial charge in [0.15, 0.2) is 0 Å². The number of carbonyl (C=O) groups excluding carboxylic acids is 1. The number of fused-ring (bicyclic) bond motifs is 2. The Balaban J connectivity index is 1.42. The molecule has 6 heteroatoms. The summed E-state index contributed by atoms with van der Waals surface area (Å²) in [7, 11) is -3.53. The maximum absolute atomic E-state index is 12.9. The Bertz CT molecular complexity index is 775. The number of piperidine rings is 1. The number of sulfonamides is 1. The van der Waals surface area contributed by atoms with E-state index in [9.17, 15) is 13.2 Å². The van der Waals surface area contributed by atoms with Crippen LogP contribution in [-0.2, 0) is 14.8 Å². The van der Waals surface area contributed by atoms with Gasteiger partial charge in [0.25, 0.3) is 0 Å². The molecule has 0 spiro atoms. The Kier molecular flexibility index (Phi) is 4.82. The van der Waals surface area contributed by atoms with Crippen LogP contribution in [-0.4, -0.2) is 37.8 Å². The Labute approximate surface area is 156 Å². The molecule has 1 aliphatic heterocycles. The van der Waals surface area contributed by atoms with Gasteiger partial charge in [-0.05, 0) is 63.0 Å². The maximum atomic E-state index is 12.9. The standard InChI is InChI=1S/C20H28N2O3S/c1-14-4-8-18(9-5-14)26(24,25)22-10-2-3-17(13-22)20(23)21-19-12-15-6-7-16(19)11-15/h4-5,8-9,15-17,19H,2-3,6-7,10-13H2,1H3,(H,21,23)/t15-,16+,17+,19-/m1/s1. The summed E-state index contributed by atoms with van der Waals surface area (Å²) in [5, 5.41) is 3.24. The van der Waals surface area contributed by atoms with Crippen molar-refractivity contribution in [3.8, 4) is 0 Å². The minimum atomic E-state index is -3.53. The van der Waals surface area contributed by atoms with Crippen LogP contribution < -0.4 is 5.32 Å². The van der Waals surface area contributed by atoms with E-state index in [2.05, 4.69) is 5.32 Å². The third-order valence-corrected chi connectivity index (χ3v) is 8.36. The van der Waals surface area contributed by atoms with Crippen LogP contribution in [0.3, 0.4) is 0 Å². The molecule has 2 saturated carbocycles. The van der Waals surface area contributed by atoms with E-state index in [1.807, 2.05) is 19.1 Å². The van der Waals surface area contributed by atoms with E-state index >= 15 is 0 Å². The lowest BCUT2D eigenvalue weighted by Crippen LogP contribution is -2.48. The fraction of sp³-hybridized carbons (Fsp3) is 0.650. The first-order valence-corrected chi connectivity index (χ1v) is 11.2. The number of rotatable bonds is 4. The Morgan fingerprint density at radius 3 is 2.54 bits per heavy atom. The highest BCUT2D eigenvalue weighted by Crippen LogP contribution is 2.44. The van der Waals surface area contributed by atoms with Crippen molar-refractivity contribution in [2.24, 2.45) is 17.8 Å². The van der Waals surface area contributed by atoms with Crippen molar-refractivity contribution < 1.29 is 13.2 Å². The fourth-order valence-corrected chi connectivity index (χ4v) is 6.48. The molecule has 5 nitrogen and oxygen atoms in total. The van der Waals surface area contributed by atoms with E-state index in [1.165, 1.54) is 23.6 Å². The van der Waals surface area contributed by atoms with Gasteiger partial charge in [0.2, 0.25) is 15.9 Å². The van der Waals surface area contributed by atoms with Crippen LogP contribution in [0, 0.1) is 24.7 Å². The third-order valence-electron chi connectivity index (χ3n) is 6.48. The number of amides is 1. The van der Waals surface area contributed by atoms with Gasteiger partial charge in [-0.25, -0.2) is 8.42 Å². The van der Waals surface area contributed by atoms with E-state index in [0.29, 0.717) is 29.9 Å². The number of nitrogens with zero attached hydrogens (tertiary/aromatic N) is 1. The summed E-state index contributed by atoms with van der Waals surface area (Å²) >= 11 is 0. The van der Waals surface area contributed by atoms with Gasteiger partial charge in [0.05, 0.1) is 10.8 Å². The van der Waals surface area contributed by atoms with Crippen molar-refractivity contribution in [2.45, 2.75) is 56.4 Å². The van der Waals surface area contributed by atoms with Gasteiger partial charge >= 0.3 is 0 Å². The number of nitrogens with one attached hydrogen (secondary N) is 1. The van der Waals surface area contributed by atoms with Gasteiger partial charge in [0.1, 0.15) is 0 Å². The first kappa shape index (κ1) is 18.0. The van der Waals surface area contributed by atoms with Crippen LogP contribution in [0.25, 0.3) is 0 Å².